The second-order valence-corrected chi connectivity index (χ2v) is 5.95. The molecule has 2 N–H and O–H groups in total. The number of primary amides is 1. The molecule has 0 aromatic carbocycles. The van der Waals surface area contributed by atoms with Gasteiger partial charge in [0, 0.05) is 24.5 Å². The monoisotopic (exact) mass is 327 g/mol. The van der Waals surface area contributed by atoms with Crippen molar-refractivity contribution in [3.63, 3.8) is 0 Å². The molecule has 0 aliphatic carbocycles. The van der Waals surface area contributed by atoms with E-state index in [4.69, 9.17) is 10.5 Å². The molecule has 1 aliphatic heterocycles. The second-order valence-electron chi connectivity index (χ2n) is 5.95. The molecule has 1 aliphatic rings. The van der Waals surface area contributed by atoms with Gasteiger partial charge in [0.15, 0.2) is 5.75 Å². The summed E-state index contributed by atoms with van der Waals surface area (Å²) in [6.07, 6.45) is 6.85. The number of nitrogens with zero attached hydrogens (tertiary/aromatic N) is 4. The second kappa shape index (κ2) is 7.35. The first-order valence-corrected chi connectivity index (χ1v) is 8.04. The molecule has 2 aromatic heterocycles. The molecule has 0 unspecified atom stereocenters. The van der Waals surface area contributed by atoms with E-state index in [-0.39, 0.29) is 11.8 Å². The molecule has 2 aromatic rings. The van der Waals surface area contributed by atoms with Crippen LogP contribution in [0.1, 0.15) is 30.1 Å². The quantitative estimate of drug-likeness (QED) is 0.897. The number of pyridine rings is 1. The summed E-state index contributed by atoms with van der Waals surface area (Å²) >= 11 is 0. The molecule has 1 fully saturated rings. The number of ether oxygens (including phenoxy) is 1. The Bertz CT molecular complexity index is 714. The summed E-state index contributed by atoms with van der Waals surface area (Å²) in [4.78, 5) is 26.2. The molecule has 0 radical (unpaired) electrons. The molecule has 3 rings (SSSR count). The summed E-state index contributed by atoms with van der Waals surface area (Å²) in [7, 11) is 0. The summed E-state index contributed by atoms with van der Waals surface area (Å²) < 4.78 is 5.96. The standard InChI is InChI=1S/C17H21N5O2/c1-12-14(3-2-6-19-12)24-17-16(20-7-8-21-17)13-4-9-22(10-5-13)11-15(18)23/h2-3,6-8,13H,4-5,9-11H2,1H3,(H2,18,23). The van der Waals surface area contributed by atoms with Crippen molar-refractivity contribution in [2.45, 2.75) is 25.7 Å². The number of hydrogen-bond donors (Lipinski definition) is 1. The number of nitrogens with two attached hydrogens (primary N) is 1. The zero-order valence-corrected chi connectivity index (χ0v) is 13.7. The third kappa shape index (κ3) is 3.86. The average Bonchev–Trinajstić information content (AvgIpc) is 2.58. The fraction of sp³-hybridized carbons (Fsp3) is 0.412. The van der Waals surface area contributed by atoms with Crippen molar-refractivity contribution in [3.05, 3.63) is 42.1 Å². The van der Waals surface area contributed by atoms with Gasteiger partial charge in [-0.25, -0.2) is 4.98 Å². The van der Waals surface area contributed by atoms with E-state index in [9.17, 15) is 4.79 Å². The molecule has 1 saturated heterocycles. The van der Waals surface area contributed by atoms with Crippen LogP contribution in [-0.4, -0.2) is 45.4 Å². The van der Waals surface area contributed by atoms with Crippen LogP contribution in [0.15, 0.2) is 30.7 Å². The normalized spacial score (nSPS) is 16.0. The van der Waals surface area contributed by atoms with Crippen LogP contribution >= 0.6 is 0 Å². The van der Waals surface area contributed by atoms with Gasteiger partial charge in [-0.2, -0.15) is 0 Å². The number of aryl methyl sites for hydroxylation is 1. The van der Waals surface area contributed by atoms with E-state index in [1.807, 2.05) is 19.1 Å². The molecule has 7 nitrogen and oxygen atoms in total. The summed E-state index contributed by atoms with van der Waals surface area (Å²) in [5.41, 5.74) is 6.94. The van der Waals surface area contributed by atoms with Gasteiger partial charge in [-0.1, -0.05) is 0 Å². The summed E-state index contributed by atoms with van der Waals surface area (Å²) in [5, 5.41) is 0. The third-order valence-electron chi connectivity index (χ3n) is 4.21. The first-order valence-electron chi connectivity index (χ1n) is 8.04. The predicted molar refractivity (Wildman–Crippen MR) is 88.7 cm³/mol. The average molecular weight is 327 g/mol. The van der Waals surface area contributed by atoms with Crippen LogP contribution in [0, 0.1) is 6.92 Å². The topological polar surface area (TPSA) is 94.2 Å². The van der Waals surface area contributed by atoms with E-state index in [0.29, 0.717) is 18.2 Å². The predicted octanol–water partition coefficient (Wildman–Crippen LogP) is 1.64. The van der Waals surface area contributed by atoms with E-state index in [0.717, 1.165) is 37.3 Å². The van der Waals surface area contributed by atoms with Crippen LogP contribution in [0.4, 0.5) is 0 Å². The molecule has 3 heterocycles. The Morgan fingerprint density at radius 1 is 1.25 bits per heavy atom. The van der Waals surface area contributed by atoms with Gasteiger partial charge in [-0.3, -0.25) is 19.7 Å². The van der Waals surface area contributed by atoms with Gasteiger partial charge in [0.25, 0.3) is 0 Å². The maximum absolute atomic E-state index is 11.0. The van der Waals surface area contributed by atoms with Crippen molar-refractivity contribution in [3.8, 4) is 11.6 Å². The first kappa shape index (κ1) is 16.3. The summed E-state index contributed by atoms with van der Waals surface area (Å²) in [5.74, 6) is 1.19. The maximum Gasteiger partial charge on any atom is 0.241 e. The fourth-order valence-corrected chi connectivity index (χ4v) is 2.96. The largest absolute Gasteiger partial charge is 0.435 e. The van der Waals surface area contributed by atoms with E-state index in [1.165, 1.54) is 0 Å². The van der Waals surface area contributed by atoms with Gasteiger partial charge in [0.05, 0.1) is 12.2 Å². The number of carbonyl (C=O) groups is 1. The number of amides is 1. The van der Waals surface area contributed by atoms with Crippen molar-refractivity contribution in [2.24, 2.45) is 5.73 Å². The smallest absolute Gasteiger partial charge is 0.241 e. The number of aromatic nitrogens is 3. The Kier molecular flexibility index (Phi) is 5.00. The van der Waals surface area contributed by atoms with Crippen LogP contribution in [-0.2, 0) is 4.79 Å². The van der Waals surface area contributed by atoms with Crippen molar-refractivity contribution < 1.29 is 9.53 Å². The van der Waals surface area contributed by atoms with E-state index in [2.05, 4.69) is 19.9 Å². The number of carbonyl (C=O) groups excluding carboxylic acids is 1. The molecular weight excluding hydrogens is 306 g/mol. The zero-order valence-electron chi connectivity index (χ0n) is 13.7. The lowest BCUT2D eigenvalue weighted by Crippen LogP contribution is -2.39. The van der Waals surface area contributed by atoms with Gasteiger partial charge in [-0.05, 0) is 45.0 Å². The van der Waals surface area contributed by atoms with Crippen LogP contribution < -0.4 is 10.5 Å². The molecule has 1 amide bonds. The number of likely N-dealkylation sites (tertiary alicyclic amines) is 1. The molecule has 0 bridgehead atoms. The van der Waals surface area contributed by atoms with Gasteiger partial charge in [-0.15, -0.1) is 0 Å². The third-order valence-corrected chi connectivity index (χ3v) is 4.21. The zero-order chi connectivity index (χ0) is 16.9. The highest BCUT2D eigenvalue weighted by atomic mass is 16.5. The minimum Gasteiger partial charge on any atom is -0.435 e. The number of rotatable bonds is 5. The first-order chi connectivity index (χ1) is 11.6. The Morgan fingerprint density at radius 2 is 2.00 bits per heavy atom. The van der Waals surface area contributed by atoms with Crippen LogP contribution in [0.3, 0.4) is 0 Å². The minimum absolute atomic E-state index is 0.259. The van der Waals surface area contributed by atoms with Gasteiger partial charge in [0.1, 0.15) is 5.69 Å². The molecule has 24 heavy (non-hydrogen) atoms. The Morgan fingerprint density at radius 3 is 2.71 bits per heavy atom. The highest BCUT2D eigenvalue weighted by Crippen LogP contribution is 2.33. The summed E-state index contributed by atoms with van der Waals surface area (Å²) in [6.45, 7) is 3.84. The highest BCUT2D eigenvalue weighted by molar-refractivity contribution is 5.75. The lowest BCUT2D eigenvalue weighted by molar-refractivity contribution is -0.119. The SMILES string of the molecule is Cc1ncccc1Oc1nccnc1C1CCN(CC(N)=O)CC1. The number of piperidine rings is 1. The van der Waals surface area contributed by atoms with Crippen LogP contribution in [0.25, 0.3) is 0 Å². The van der Waals surface area contributed by atoms with Gasteiger partial charge in [0.2, 0.25) is 11.8 Å². The van der Waals surface area contributed by atoms with E-state index < -0.39 is 0 Å². The Hall–Kier alpha value is -2.54. The van der Waals surface area contributed by atoms with Crippen molar-refractivity contribution >= 4 is 5.91 Å². The van der Waals surface area contributed by atoms with Crippen LogP contribution in [0.2, 0.25) is 0 Å². The van der Waals surface area contributed by atoms with E-state index in [1.54, 1.807) is 18.6 Å². The highest BCUT2D eigenvalue weighted by Gasteiger charge is 2.25. The van der Waals surface area contributed by atoms with Crippen molar-refractivity contribution in [1.29, 1.82) is 0 Å². The van der Waals surface area contributed by atoms with Gasteiger partial charge >= 0.3 is 0 Å². The maximum atomic E-state index is 11.0. The fourth-order valence-electron chi connectivity index (χ4n) is 2.96. The lowest BCUT2D eigenvalue weighted by Gasteiger charge is -2.31. The molecule has 0 spiro atoms. The molecule has 126 valence electrons. The molecular formula is C17H21N5O2. The minimum atomic E-state index is -0.288. The Labute approximate surface area is 140 Å². The lowest BCUT2D eigenvalue weighted by atomic mass is 9.93. The van der Waals surface area contributed by atoms with Crippen LogP contribution in [0.5, 0.6) is 11.6 Å². The van der Waals surface area contributed by atoms with E-state index >= 15 is 0 Å². The van der Waals surface area contributed by atoms with Gasteiger partial charge < -0.3 is 10.5 Å². The molecule has 7 heteroatoms. The summed E-state index contributed by atoms with van der Waals surface area (Å²) in [6, 6.07) is 3.71. The number of hydrogen-bond acceptors (Lipinski definition) is 6. The molecule has 0 atom stereocenters. The Balaban J connectivity index is 1.73. The van der Waals surface area contributed by atoms with Crippen molar-refractivity contribution in [1.82, 2.24) is 19.9 Å². The molecule has 0 saturated carbocycles. The van der Waals surface area contributed by atoms with Crippen molar-refractivity contribution in [2.75, 3.05) is 19.6 Å².